The molecule has 2 aromatic rings. The van der Waals surface area contributed by atoms with E-state index in [1.54, 1.807) is 13.4 Å². The van der Waals surface area contributed by atoms with Crippen molar-refractivity contribution in [2.24, 2.45) is 0 Å². The van der Waals surface area contributed by atoms with Crippen molar-refractivity contribution in [1.29, 1.82) is 0 Å². The van der Waals surface area contributed by atoms with Crippen molar-refractivity contribution in [3.63, 3.8) is 0 Å². The first-order valence-electron chi connectivity index (χ1n) is 7.12. The Labute approximate surface area is 136 Å². The van der Waals surface area contributed by atoms with E-state index in [9.17, 15) is 0 Å². The van der Waals surface area contributed by atoms with Crippen LogP contribution in [0.2, 0.25) is 0 Å². The molecule has 2 rings (SSSR count). The summed E-state index contributed by atoms with van der Waals surface area (Å²) in [5.74, 6) is 1.76. The number of hydrogen-bond donors (Lipinski definition) is 3. The van der Waals surface area contributed by atoms with Crippen molar-refractivity contribution in [2.45, 2.75) is 6.04 Å². The molecule has 118 valence electrons. The van der Waals surface area contributed by atoms with Crippen LogP contribution in [0, 0.1) is 0 Å². The molecule has 0 aliphatic heterocycles. The highest BCUT2D eigenvalue weighted by atomic mass is 32.1. The number of anilines is 1. The molecule has 22 heavy (non-hydrogen) atoms. The third-order valence-electron chi connectivity index (χ3n) is 3.40. The molecule has 5 nitrogen and oxygen atoms in total. The highest BCUT2D eigenvalue weighted by Gasteiger charge is 2.20. The Balaban J connectivity index is 1.88. The van der Waals surface area contributed by atoms with Gasteiger partial charge in [-0.2, -0.15) is 0 Å². The molecule has 1 aromatic heterocycles. The van der Waals surface area contributed by atoms with E-state index < -0.39 is 0 Å². The minimum Gasteiger partial charge on any atom is -0.497 e. The second kappa shape index (κ2) is 7.82. The Kier molecular flexibility index (Phi) is 5.80. The molecular formula is C16H22N3O2S+. The standard InChI is InChI=1S/C16H21N3O2S/c1-19(2)14(15-5-4-10-21-15)11-17-16(22)18-12-6-8-13(20-3)9-7-12/h4-10,14H,11H2,1-3H3,(H2,17,18,22)/p+1/t14-/m0/s1. The molecular weight excluding hydrogens is 298 g/mol. The number of likely N-dealkylation sites (N-methyl/N-ethyl adjacent to an activating group) is 1. The smallest absolute Gasteiger partial charge is 0.171 e. The molecule has 0 radical (unpaired) electrons. The van der Waals surface area contributed by atoms with Crippen LogP contribution in [0.15, 0.2) is 47.1 Å². The van der Waals surface area contributed by atoms with Crippen molar-refractivity contribution in [3.8, 4) is 5.75 Å². The van der Waals surface area contributed by atoms with E-state index >= 15 is 0 Å². The SMILES string of the molecule is COc1ccc(NC(=S)NC[C@@H](c2ccco2)[NH+](C)C)cc1. The monoisotopic (exact) mass is 320 g/mol. The molecule has 0 spiro atoms. The predicted octanol–water partition coefficient (Wildman–Crippen LogP) is 1.46. The van der Waals surface area contributed by atoms with E-state index in [0.717, 1.165) is 17.2 Å². The maximum Gasteiger partial charge on any atom is 0.171 e. The van der Waals surface area contributed by atoms with Gasteiger partial charge >= 0.3 is 0 Å². The number of ether oxygens (including phenoxy) is 1. The van der Waals surface area contributed by atoms with Gasteiger partial charge in [0.05, 0.1) is 34.0 Å². The largest absolute Gasteiger partial charge is 0.497 e. The fourth-order valence-electron chi connectivity index (χ4n) is 2.12. The third-order valence-corrected chi connectivity index (χ3v) is 3.64. The first-order chi connectivity index (χ1) is 10.6. The minimum atomic E-state index is 0.200. The molecule has 1 heterocycles. The summed E-state index contributed by atoms with van der Waals surface area (Å²) in [5, 5.41) is 6.98. The van der Waals surface area contributed by atoms with E-state index in [0.29, 0.717) is 11.7 Å². The van der Waals surface area contributed by atoms with Gasteiger partial charge in [-0.1, -0.05) is 0 Å². The summed E-state index contributed by atoms with van der Waals surface area (Å²) in [4.78, 5) is 1.27. The van der Waals surface area contributed by atoms with E-state index in [2.05, 4.69) is 24.7 Å². The summed E-state index contributed by atoms with van der Waals surface area (Å²) in [6, 6.07) is 11.7. The van der Waals surface area contributed by atoms with Crippen molar-refractivity contribution >= 4 is 23.0 Å². The van der Waals surface area contributed by atoms with Gasteiger partial charge in [0.25, 0.3) is 0 Å². The molecule has 0 amide bonds. The Hall–Kier alpha value is -2.05. The van der Waals surface area contributed by atoms with Gasteiger partial charge in [0.15, 0.2) is 16.9 Å². The lowest BCUT2D eigenvalue weighted by molar-refractivity contribution is -0.891. The summed E-state index contributed by atoms with van der Waals surface area (Å²) in [5.41, 5.74) is 0.921. The molecule has 0 saturated heterocycles. The number of furan rings is 1. The lowest BCUT2D eigenvalue weighted by Gasteiger charge is -2.20. The summed E-state index contributed by atoms with van der Waals surface area (Å²) < 4.78 is 10.6. The van der Waals surface area contributed by atoms with Crippen molar-refractivity contribution < 1.29 is 14.1 Å². The zero-order valence-electron chi connectivity index (χ0n) is 13.1. The van der Waals surface area contributed by atoms with Crippen molar-refractivity contribution in [3.05, 3.63) is 48.4 Å². The number of rotatable bonds is 6. The van der Waals surface area contributed by atoms with Gasteiger partial charge in [0, 0.05) is 5.69 Å². The topological polar surface area (TPSA) is 50.9 Å². The molecule has 1 aromatic carbocycles. The van der Waals surface area contributed by atoms with Crippen LogP contribution >= 0.6 is 12.2 Å². The number of methoxy groups -OCH3 is 1. The van der Waals surface area contributed by atoms with Gasteiger partial charge in [-0.25, -0.2) is 0 Å². The maximum atomic E-state index is 5.49. The van der Waals surface area contributed by atoms with E-state index in [-0.39, 0.29) is 6.04 Å². The van der Waals surface area contributed by atoms with Crippen LogP contribution in [-0.4, -0.2) is 32.9 Å². The minimum absolute atomic E-state index is 0.200. The molecule has 0 unspecified atom stereocenters. The van der Waals surface area contributed by atoms with Crippen LogP contribution in [-0.2, 0) is 0 Å². The van der Waals surface area contributed by atoms with Gasteiger partial charge in [0.2, 0.25) is 0 Å². The summed E-state index contributed by atoms with van der Waals surface area (Å²) >= 11 is 5.34. The molecule has 3 N–H and O–H groups in total. The molecule has 0 aliphatic rings. The van der Waals surface area contributed by atoms with Gasteiger partial charge in [-0.15, -0.1) is 0 Å². The lowest BCUT2D eigenvalue weighted by Crippen LogP contribution is -3.07. The Morgan fingerprint density at radius 3 is 2.55 bits per heavy atom. The van der Waals surface area contributed by atoms with Gasteiger partial charge in [-0.05, 0) is 48.6 Å². The third kappa shape index (κ3) is 4.47. The normalized spacial score (nSPS) is 12.0. The number of thiocarbonyl (C=S) groups is 1. The number of benzene rings is 1. The molecule has 0 fully saturated rings. The van der Waals surface area contributed by atoms with E-state index in [1.807, 2.05) is 36.4 Å². The molecule has 0 aliphatic carbocycles. The second-order valence-corrected chi connectivity index (χ2v) is 5.62. The molecule has 1 atom stereocenters. The fourth-order valence-corrected chi connectivity index (χ4v) is 2.32. The first kappa shape index (κ1) is 16.3. The van der Waals surface area contributed by atoms with Crippen molar-refractivity contribution in [1.82, 2.24) is 5.32 Å². The van der Waals surface area contributed by atoms with Crippen LogP contribution < -0.4 is 20.3 Å². The van der Waals surface area contributed by atoms with Gasteiger partial charge in [-0.3, -0.25) is 0 Å². The average molecular weight is 320 g/mol. The molecule has 0 saturated carbocycles. The fraction of sp³-hybridized carbons (Fsp3) is 0.312. The van der Waals surface area contributed by atoms with Crippen LogP contribution in [0.5, 0.6) is 5.75 Å². The Morgan fingerprint density at radius 1 is 1.27 bits per heavy atom. The second-order valence-electron chi connectivity index (χ2n) is 5.21. The molecule has 0 bridgehead atoms. The van der Waals surface area contributed by atoms with Gasteiger partial charge in [0.1, 0.15) is 5.75 Å². The Morgan fingerprint density at radius 2 is 2.00 bits per heavy atom. The highest BCUT2D eigenvalue weighted by Crippen LogP contribution is 2.15. The predicted molar refractivity (Wildman–Crippen MR) is 91.5 cm³/mol. The highest BCUT2D eigenvalue weighted by molar-refractivity contribution is 7.80. The van der Waals surface area contributed by atoms with E-state index in [4.69, 9.17) is 21.4 Å². The number of nitrogens with one attached hydrogen (secondary N) is 3. The quantitative estimate of drug-likeness (QED) is 0.704. The zero-order chi connectivity index (χ0) is 15.9. The Bertz CT molecular complexity index is 582. The van der Waals surface area contributed by atoms with Crippen molar-refractivity contribution in [2.75, 3.05) is 33.1 Å². The lowest BCUT2D eigenvalue weighted by atomic mass is 10.2. The summed E-state index contributed by atoms with van der Waals surface area (Å²) in [6.07, 6.45) is 1.69. The number of quaternary nitrogens is 1. The maximum absolute atomic E-state index is 5.49. The summed E-state index contributed by atoms with van der Waals surface area (Å²) in [6.45, 7) is 0.692. The molecule has 6 heteroatoms. The number of hydrogen-bond acceptors (Lipinski definition) is 3. The first-order valence-corrected chi connectivity index (χ1v) is 7.53. The zero-order valence-corrected chi connectivity index (χ0v) is 13.9. The van der Waals surface area contributed by atoms with Crippen LogP contribution in [0.25, 0.3) is 0 Å². The van der Waals surface area contributed by atoms with Crippen LogP contribution in [0.1, 0.15) is 11.8 Å². The van der Waals surface area contributed by atoms with Crippen LogP contribution in [0.4, 0.5) is 5.69 Å². The average Bonchev–Trinajstić information content (AvgIpc) is 3.02. The van der Waals surface area contributed by atoms with Crippen LogP contribution in [0.3, 0.4) is 0 Å². The van der Waals surface area contributed by atoms with E-state index in [1.165, 1.54) is 4.90 Å². The van der Waals surface area contributed by atoms with Gasteiger partial charge < -0.3 is 24.7 Å². The summed E-state index contributed by atoms with van der Waals surface area (Å²) in [7, 11) is 5.83.